The number of pyridine rings is 1. The van der Waals surface area contributed by atoms with E-state index in [0.29, 0.717) is 28.7 Å². The summed E-state index contributed by atoms with van der Waals surface area (Å²) >= 11 is 0. The highest BCUT2D eigenvalue weighted by Gasteiger charge is 2.34. The summed E-state index contributed by atoms with van der Waals surface area (Å²) in [5.74, 6) is 1.60. The fraction of sp³-hybridized carbons (Fsp3) is 0.381. The van der Waals surface area contributed by atoms with Crippen LogP contribution in [0.1, 0.15) is 40.6 Å². The van der Waals surface area contributed by atoms with Gasteiger partial charge in [0.2, 0.25) is 0 Å². The molecule has 0 radical (unpaired) electrons. The molecule has 1 unspecified atom stereocenters. The van der Waals surface area contributed by atoms with Crippen LogP contribution in [0.4, 0.5) is 0 Å². The molecule has 3 fully saturated rings. The van der Waals surface area contributed by atoms with Crippen molar-refractivity contribution in [3.63, 3.8) is 0 Å². The monoisotopic (exact) mass is 365 g/mol. The third kappa shape index (κ3) is 4.01. The maximum Gasteiger partial charge on any atom is 0.251 e. The predicted molar refractivity (Wildman–Crippen MR) is 101 cm³/mol. The van der Waals surface area contributed by atoms with Crippen LogP contribution >= 0.6 is 0 Å². The van der Waals surface area contributed by atoms with E-state index >= 15 is 0 Å². The van der Waals surface area contributed by atoms with Gasteiger partial charge in [-0.05, 0) is 62.2 Å². The minimum atomic E-state index is -0.111. The largest absolute Gasteiger partial charge is 0.457 e. The van der Waals surface area contributed by atoms with E-state index in [4.69, 9.17) is 4.74 Å². The lowest BCUT2D eigenvalue weighted by Crippen LogP contribution is -2.57. The summed E-state index contributed by atoms with van der Waals surface area (Å²) < 4.78 is 5.76. The summed E-state index contributed by atoms with van der Waals surface area (Å²) in [6.07, 6.45) is 3.89. The van der Waals surface area contributed by atoms with Gasteiger partial charge < -0.3 is 15.0 Å². The molecule has 3 aliphatic rings. The van der Waals surface area contributed by atoms with E-state index in [1.807, 2.05) is 0 Å². The van der Waals surface area contributed by atoms with Crippen molar-refractivity contribution in [2.24, 2.45) is 5.92 Å². The number of piperidine rings is 3. The smallest absolute Gasteiger partial charge is 0.251 e. The van der Waals surface area contributed by atoms with Crippen LogP contribution in [-0.2, 0) is 0 Å². The Morgan fingerprint density at radius 2 is 1.85 bits per heavy atom. The second kappa shape index (κ2) is 7.48. The summed E-state index contributed by atoms with van der Waals surface area (Å²) in [6, 6.07) is 10.6. The van der Waals surface area contributed by atoms with Crippen LogP contribution in [0.2, 0.25) is 0 Å². The lowest BCUT2D eigenvalue weighted by molar-refractivity contribution is 0.0620. The number of Topliss-reactive ketones (excluding diaryl/α,β-unsaturated/α-hetero) is 1. The Morgan fingerprint density at radius 3 is 2.48 bits per heavy atom. The zero-order valence-corrected chi connectivity index (χ0v) is 15.4. The van der Waals surface area contributed by atoms with Crippen LogP contribution in [0.25, 0.3) is 0 Å². The van der Waals surface area contributed by atoms with Crippen molar-refractivity contribution < 1.29 is 14.3 Å². The van der Waals surface area contributed by atoms with Gasteiger partial charge in [0.25, 0.3) is 5.91 Å². The zero-order valence-electron chi connectivity index (χ0n) is 15.4. The van der Waals surface area contributed by atoms with Crippen molar-refractivity contribution in [1.82, 2.24) is 15.2 Å². The van der Waals surface area contributed by atoms with Gasteiger partial charge in [-0.25, -0.2) is 0 Å². The number of fused-ring (bicyclic) bond motifs is 3. The predicted octanol–water partition coefficient (Wildman–Crippen LogP) is 2.90. The Morgan fingerprint density at radius 1 is 1.11 bits per heavy atom. The molecule has 27 heavy (non-hydrogen) atoms. The molecule has 3 aliphatic heterocycles. The Balaban J connectivity index is 1.39. The number of rotatable bonds is 5. The highest BCUT2D eigenvalue weighted by molar-refractivity contribution is 5.94. The Labute approximate surface area is 158 Å². The first-order valence-corrected chi connectivity index (χ1v) is 9.36. The number of carbonyl (C=O) groups excluding carboxylic acids is 2. The lowest BCUT2D eigenvalue weighted by atomic mass is 9.84. The van der Waals surface area contributed by atoms with Crippen LogP contribution in [0, 0.1) is 5.92 Å². The molecular formula is C21H23N3O3. The van der Waals surface area contributed by atoms with Gasteiger partial charge in [-0.1, -0.05) is 0 Å². The van der Waals surface area contributed by atoms with E-state index in [1.54, 1.807) is 42.6 Å². The number of benzene rings is 1. The van der Waals surface area contributed by atoms with Gasteiger partial charge in [-0.2, -0.15) is 0 Å². The molecule has 1 atom stereocenters. The SMILES string of the molecule is CC(=O)c1cc(Oc2ccc(C(=O)NC3CN4CCC3CC4)cc2)ccn1. The first kappa shape index (κ1) is 17.7. The first-order chi connectivity index (χ1) is 13.1. The van der Waals surface area contributed by atoms with Gasteiger partial charge in [0.1, 0.15) is 17.2 Å². The molecule has 6 nitrogen and oxygen atoms in total. The zero-order chi connectivity index (χ0) is 18.8. The van der Waals surface area contributed by atoms with E-state index in [1.165, 1.54) is 19.8 Å². The van der Waals surface area contributed by atoms with Gasteiger partial charge in [-0.3, -0.25) is 14.6 Å². The molecule has 6 heteroatoms. The van der Waals surface area contributed by atoms with Crippen molar-refractivity contribution in [1.29, 1.82) is 0 Å². The molecule has 1 N–H and O–H groups in total. The van der Waals surface area contributed by atoms with Crippen LogP contribution in [0.3, 0.4) is 0 Å². The molecule has 140 valence electrons. The molecule has 2 bridgehead atoms. The maximum atomic E-state index is 12.6. The van der Waals surface area contributed by atoms with Crippen LogP contribution in [-0.4, -0.2) is 47.3 Å². The van der Waals surface area contributed by atoms with E-state index < -0.39 is 0 Å². The van der Waals surface area contributed by atoms with Crippen molar-refractivity contribution in [3.8, 4) is 11.5 Å². The van der Waals surface area contributed by atoms with Gasteiger partial charge in [0.05, 0.1) is 0 Å². The van der Waals surface area contributed by atoms with Crippen LogP contribution in [0.5, 0.6) is 11.5 Å². The number of aromatic nitrogens is 1. The Bertz CT molecular complexity index is 842. The molecule has 3 saturated heterocycles. The third-order valence-electron chi connectivity index (χ3n) is 5.42. The molecule has 1 aromatic carbocycles. The molecule has 0 spiro atoms. The molecule has 2 aromatic rings. The number of ketones is 1. The van der Waals surface area contributed by atoms with E-state index in [2.05, 4.69) is 15.2 Å². The van der Waals surface area contributed by atoms with Crippen molar-refractivity contribution in [3.05, 3.63) is 53.9 Å². The first-order valence-electron chi connectivity index (χ1n) is 9.36. The second-order valence-corrected chi connectivity index (χ2v) is 7.28. The Hall–Kier alpha value is -2.73. The average molecular weight is 365 g/mol. The minimum Gasteiger partial charge on any atom is -0.457 e. The second-order valence-electron chi connectivity index (χ2n) is 7.28. The average Bonchev–Trinajstić information content (AvgIpc) is 2.69. The third-order valence-corrected chi connectivity index (χ3v) is 5.42. The number of nitrogens with one attached hydrogen (secondary N) is 1. The van der Waals surface area contributed by atoms with E-state index in [0.717, 1.165) is 19.6 Å². The highest BCUT2D eigenvalue weighted by Crippen LogP contribution is 2.28. The van der Waals surface area contributed by atoms with Crippen LogP contribution in [0.15, 0.2) is 42.6 Å². The summed E-state index contributed by atoms with van der Waals surface area (Å²) in [5, 5.41) is 3.19. The topological polar surface area (TPSA) is 71.5 Å². The van der Waals surface area contributed by atoms with Gasteiger partial charge in [0.15, 0.2) is 5.78 Å². The number of nitrogens with zero attached hydrogens (tertiary/aromatic N) is 2. The number of carbonyl (C=O) groups is 2. The number of ether oxygens (including phenoxy) is 1. The summed E-state index contributed by atoms with van der Waals surface area (Å²) in [4.78, 5) is 30.4. The molecule has 0 aliphatic carbocycles. The normalized spacial score (nSPS) is 23.7. The number of hydrogen-bond acceptors (Lipinski definition) is 5. The van der Waals surface area contributed by atoms with Gasteiger partial charge in [0, 0.05) is 37.3 Å². The lowest BCUT2D eigenvalue weighted by Gasteiger charge is -2.44. The fourth-order valence-corrected chi connectivity index (χ4v) is 3.86. The number of hydrogen-bond donors (Lipinski definition) is 1. The minimum absolute atomic E-state index is 0.0388. The molecule has 4 heterocycles. The van der Waals surface area contributed by atoms with E-state index in [-0.39, 0.29) is 17.7 Å². The molecule has 0 saturated carbocycles. The molecule has 1 aromatic heterocycles. The number of amides is 1. The van der Waals surface area contributed by atoms with Crippen LogP contribution < -0.4 is 10.1 Å². The van der Waals surface area contributed by atoms with Gasteiger partial charge >= 0.3 is 0 Å². The van der Waals surface area contributed by atoms with Crippen molar-refractivity contribution in [2.75, 3.05) is 19.6 Å². The molecule has 5 rings (SSSR count). The summed E-state index contributed by atoms with van der Waals surface area (Å²) in [6.45, 7) is 4.74. The molecule has 1 amide bonds. The summed E-state index contributed by atoms with van der Waals surface area (Å²) in [5.41, 5.74) is 0.985. The van der Waals surface area contributed by atoms with E-state index in [9.17, 15) is 9.59 Å². The Kier molecular flexibility index (Phi) is 4.90. The quantitative estimate of drug-likeness (QED) is 0.825. The van der Waals surface area contributed by atoms with Crippen molar-refractivity contribution in [2.45, 2.75) is 25.8 Å². The maximum absolute atomic E-state index is 12.6. The highest BCUT2D eigenvalue weighted by atomic mass is 16.5. The van der Waals surface area contributed by atoms with Crippen molar-refractivity contribution >= 4 is 11.7 Å². The fourth-order valence-electron chi connectivity index (χ4n) is 3.86. The summed E-state index contributed by atoms with van der Waals surface area (Å²) in [7, 11) is 0. The molecular weight excluding hydrogens is 342 g/mol. The standard InChI is InChI=1S/C21H23N3O3/c1-14(25)19-12-18(6-9-22-19)27-17-4-2-16(3-5-17)21(26)23-20-13-24-10-7-15(20)8-11-24/h2-6,9,12,15,20H,7-8,10-11,13H2,1H3,(H,23,26). The van der Waals surface area contributed by atoms with Gasteiger partial charge in [-0.15, -0.1) is 0 Å².